The van der Waals surface area contributed by atoms with Crippen molar-refractivity contribution < 1.29 is 17.9 Å². The predicted molar refractivity (Wildman–Crippen MR) is 96.7 cm³/mol. The summed E-state index contributed by atoms with van der Waals surface area (Å²) in [5.41, 5.74) is 1.31. The van der Waals surface area contributed by atoms with E-state index in [1.807, 2.05) is 12.1 Å². The van der Waals surface area contributed by atoms with Crippen molar-refractivity contribution in [2.45, 2.75) is 32.7 Å². The molecule has 1 unspecified atom stereocenters. The van der Waals surface area contributed by atoms with Crippen molar-refractivity contribution in [3.8, 4) is 11.1 Å². The van der Waals surface area contributed by atoms with Crippen LogP contribution in [-0.2, 0) is 17.5 Å². The van der Waals surface area contributed by atoms with E-state index in [1.54, 1.807) is 18.2 Å². The van der Waals surface area contributed by atoms with Gasteiger partial charge in [0.25, 0.3) is 0 Å². The second-order valence-corrected chi connectivity index (χ2v) is 7.13. The van der Waals surface area contributed by atoms with Gasteiger partial charge < -0.3 is 4.74 Å². The van der Waals surface area contributed by atoms with Crippen LogP contribution in [-0.4, -0.2) is 30.7 Å². The number of halogens is 3. The van der Waals surface area contributed by atoms with Crippen LogP contribution in [0.5, 0.6) is 0 Å². The topological polar surface area (TPSA) is 12.5 Å². The first-order chi connectivity index (χ1) is 12.3. The van der Waals surface area contributed by atoms with Gasteiger partial charge in [0.05, 0.1) is 18.3 Å². The highest BCUT2D eigenvalue weighted by Gasteiger charge is 2.33. The number of nitrogens with zero attached hydrogens (tertiary/aromatic N) is 1. The second kappa shape index (κ2) is 7.80. The zero-order valence-corrected chi connectivity index (χ0v) is 15.1. The Kier molecular flexibility index (Phi) is 5.68. The molecule has 0 saturated carbocycles. The van der Waals surface area contributed by atoms with Gasteiger partial charge in [-0.1, -0.05) is 56.3 Å². The lowest BCUT2D eigenvalue weighted by Gasteiger charge is -2.34. The molecule has 0 radical (unpaired) electrons. The zero-order chi connectivity index (χ0) is 18.7. The van der Waals surface area contributed by atoms with E-state index >= 15 is 0 Å². The van der Waals surface area contributed by atoms with Crippen molar-refractivity contribution in [1.82, 2.24) is 4.90 Å². The van der Waals surface area contributed by atoms with Crippen LogP contribution >= 0.6 is 0 Å². The number of morpholine rings is 1. The van der Waals surface area contributed by atoms with E-state index in [9.17, 15) is 13.2 Å². The summed E-state index contributed by atoms with van der Waals surface area (Å²) in [7, 11) is 0. The number of benzene rings is 2. The predicted octanol–water partition coefficient (Wildman–Crippen LogP) is 5.23. The molecule has 1 saturated heterocycles. The second-order valence-electron chi connectivity index (χ2n) is 7.13. The van der Waals surface area contributed by atoms with E-state index in [-0.39, 0.29) is 11.7 Å². The van der Waals surface area contributed by atoms with Gasteiger partial charge in [0.15, 0.2) is 0 Å². The average Bonchev–Trinajstić information content (AvgIpc) is 2.62. The average molecular weight is 363 g/mol. The molecule has 2 nitrogen and oxygen atoms in total. The van der Waals surface area contributed by atoms with Crippen LogP contribution in [0.4, 0.5) is 13.2 Å². The molecule has 0 aromatic heterocycles. The van der Waals surface area contributed by atoms with Crippen molar-refractivity contribution in [3.63, 3.8) is 0 Å². The fourth-order valence-corrected chi connectivity index (χ4v) is 3.31. The monoisotopic (exact) mass is 363 g/mol. The van der Waals surface area contributed by atoms with Crippen molar-refractivity contribution in [2.75, 3.05) is 19.7 Å². The Morgan fingerprint density at radius 2 is 1.77 bits per heavy atom. The molecule has 26 heavy (non-hydrogen) atoms. The summed E-state index contributed by atoms with van der Waals surface area (Å²) in [5.74, 6) is 0.471. The van der Waals surface area contributed by atoms with E-state index in [4.69, 9.17) is 4.74 Å². The summed E-state index contributed by atoms with van der Waals surface area (Å²) in [6.45, 7) is 7.58. The van der Waals surface area contributed by atoms with Crippen molar-refractivity contribution in [1.29, 1.82) is 0 Å². The molecular weight excluding hydrogens is 339 g/mol. The lowest BCUT2D eigenvalue weighted by molar-refractivity contribution is -0.137. The van der Waals surface area contributed by atoms with E-state index in [1.165, 1.54) is 12.1 Å². The Morgan fingerprint density at radius 3 is 2.42 bits per heavy atom. The minimum absolute atomic E-state index is 0.220. The normalized spacial score (nSPS) is 19.1. The molecule has 0 aliphatic carbocycles. The van der Waals surface area contributed by atoms with Gasteiger partial charge in [-0.25, -0.2) is 0 Å². The molecule has 1 heterocycles. The number of alkyl halides is 3. The van der Waals surface area contributed by atoms with Gasteiger partial charge in [-0.3, -0.25) is 4.90 Å². The molecule has 5 heteroatoms. The Morgan fingerprint density at radius 1 is 1.08 bits per heavy atom. The van der Waals surface area contributed by atoms with Gasteiger partial charge >= 0.3 is 6.18 Å². The summed E-state index contributed by atoms with van der Waals surface area (Å²) >= 11 is 0. The first-order valence-electron chi connectivity index (χ1n) is 8.94. The van der Waals surface area contributed by atoms with E-state index in [2.05, 4.69) is 18.7 Å². The molecule has 2 aromatic rings. The fraction of sp³-hybridized carbons (Fsp3) is 0.429. The third-order valence-electron chi connectivity index (χ3n) is 4.82. The van der Waals surface area contributed by atoms with E-state index in [0.29, 0.717) is 11.5 Å². The van der Waals surface area contributed by atoms with Gasteiger partial charge in [0, 0.05) is 19.6 Å². The standard InChI is InChI=1S/C21H24F3NO/c1-15(2)20-14-25(11-12-26-20)13-16-7-9-17(10-8-16)18-5-3-4-6-19(18)21(22,23)24/h3-10,15,20H,11-14H2,1-2H3. The molecule has 0 amide bonds. The number of rotatable bonds is 4. The highest BCUT2D eigenvalue weighted by molar-refractivity contribution is 5.68. The molecule has 1 aliphatic heterocycles. The van der Waals surface area contributed by atoms with Crippen LogP contribution < -0.4 is 0 Å². The molecule has 2 aromatic carbocycles. The maximum absolute atomic E-state index is 13.2. The van der Waals surface area contributed by atoms with Gasteiger partial charge in [-0.05, 0) is 28.7 Å². The summed E-state index contributed by atoms with van der Waals surface area (Å²) in [6.07, 6.45) is -4.11. The fourth-order valence-electron chi connectivity index (χ4n) is 3.31. The third-order valence-corrected chi connectivity index (χ3v) is 4.82. The van der Waals surface area contributed by atoms with Crippen molar-refractivity contribution in [2.24, 2.45) is 5.92 Å². The van der Waals surface area contributed by atoms with Crippen LogP contribution in [0.1, 0.15) is 25.0 Å². The molecule has 1 atom stereocenters. The van der Waals surface area contributed by atoms with Gasteiger partial charge in [0.1, 0.15) is 0 Å². The molecular formula is C21H24F3NO. The van der Waals surface area contributed by atoms with Crippen LogP contribution in [0.3, 0.4) is 0 Å². The smallest absolute Gasteiger partial charge is 0.375 e. The van der Waals surface area contributed by atoms with Crippen molar-refractivity contribution >= 4 is 0 Å². The Labute approximate surface area is 152 Å². The molecule has 0 N–H and O–H groups in total. The van der Waals surface area contributed by atoms with Crippen LogP contribution in [0.25, 0.3) is 11.1 Å². The van der Waals surface area contributed by atoms with Gasteiger partial charge in [0.2, 0.25) is 0 Å². The Balaban J connectivity index is 1.74. The van der Waals surface area contributed by atoms with Gasteiger partial charge in [-0.15, -0.1) is 0 Å². The number of ether oxygens (including phenoxy) is 1. The third kappa shape index (κ3) is 4.46. The summed E-state index contributed by atoms with van der Waals surface area (Å²) in [5, 5.41) is 0. The minimum atomic E-state index is -4.35. The highest BCUT2D eigenvalue weighted by atomic mass is 19.4. The molecule has 0 bridgehead atoms. The zero-order valence-electron chi connectivity index (χ0n) is 15.1. The van der Waals surface area contributed by atoms with Crippen LogP contribution in [0.2, 0.25) is 0 Å². The summed E-state index contributed by atoms with van der Waals surface area (Å²) in [4.78, 5) is 2.34. The molecule has 1 aliphatic rings. The van der Waals surface area contributed by atoms with Crippen molar-refractivity contribution in [3.05, 3.63) is 59.7 Å². The molecule has 140 valence electrons. The minimum Gasteiger partial charge on any atom is -0.375 e. The first-order valence-corrected chi connectivity index (χ1v) is 8.94. The Hall–Kier alpha value is -1.85. The van der Waals surface area contributed by atoms with Gasteiger partial charge in [-0.2, -0.15) is 13.2 Å². The maximum atomic E-state index is 13.2. The van der Waals surface area contributed by atoms with E-state index < -0.39 is 11.7 Å². The Bertz CT molecular complexity index is 725. The largest absolute Gasteiger partial charge is 0.417 e. The molecule has 3 rings (SSSR count). The molecule has 1 fully saturated rings. The molecule has 0 spiro atoms. The lowest BCUT2D eigenvalue weighted by atomic mass is 9.98. The SMILES string of the molecule is CC(C)C1CN(Cc2ccc(-c3ccccc3C(F)(F)F)cc2)CCO1. The number of hydrogen-bond donors (Lipinski definition) is 0. The van der Waals surface area contributed by atoms with E-state index in [0.717, 1.165) is 37.9 Å². The summed E-state index contributed by atoms with van der Waals surface area (Å²) in [6, 6.07) is 13.1. The quantitative estimate of drug-likeness (QED) is 0.738. The van der Waals surface area contributed by atoms with Crippen LogP contribution in [0, 0.1) is 5.92 Å². The van der Waals surface area contributed by atoms with Crippen LogP contribution in [0.15, 0.2) is 48.5 Å². The number of hydrogen-bond acceptors (Lipinski definition) is 2. The highest BCUT2D eigenvalue weighted by Crippen LogP contribution is 2.36. The summed E-state index contributed by atoms with van der Waals surface area (Å²) < 4.78 is 45.4. The maximum Gasteiger partial charge on any atom is 0.417 e. The first kappa shape index (κ1) is 18.9. The lowest BCUT2D eigenvalue weighted by Crippen LogP contribution is -2.44.